The van der Waals surface area contributed by atoms with Crippen molar-refractivity contribution >= 4 is 12.0 Å². The molecule has 2 aromatic carbocycles. The van der Waals surface area contributed by atoms with Gasteiger partial charge in [0.05, 0.1) is 6.61 Å². The third kappa shape index (κ3) is 8.48. The van der Waals surface area contributed by atoms with E-state index in [1.807, 2.05) is 6.07 Å². The highest BCUT2D eigenvalue weighted by atomic mass is 16.5. The van der Waals surface area contributed by atoms with E-state index in [-0.39, 0.29) is 11.5 Å². The number of rotatable bonds is 11. The van der Waals surface area contributed by atoms with E-state index in [0.717, 1.165) is 32.4 Å². The summed E-state index contributed by atoms with van der Waals surface area (Å²) >= 11 is 0. The van der Waals surface area contributed by atoms with Crippen molar-refractivity contribution in [3.05, 3.63) is 65.7 Å². The molecule has 2 fully saturated rings. The number of hydrogen-bond donors (Lipinski definition) is 2. The van der Waals surface area contributed by atoms with Gasteiger partial charge in [-0.3, -0.25) is 9.69 Å². The van der Waals surface area contributed by atoms with Crippen LogP contribution < -0.4 is 10.5 Å². The Morgan fingerprint density at radius 3 is 2.44 bits per heavy atom. The molecule has 3 N–H and O–H groups in total. The molecule has 1 heterocycles. The third-order valence-corrected chi connectivity index (χ3v) is 9.19. The van der Waals surface area contributed by atoms with Crippen LogP contribution in [0.4, 0.5) is 4.79 Å². The molecule has 0 radical (unpaired) electrons. The monoisotopic (exact) mass is 563 g/mol. The molecule has 1 saturated heterocycles. The van der Waals surface area contributed by atoms with Crippen LogP contribution in [-0.4, -0.2) is 65.2 Å². The Morgan fingerprint density at radius 2 is 1.78 bits per heavy atom. The smallest absolute Gasteiger partial charge is 0.407 e. The van der Waals surface area contributed by atoms with Gasteiger partial charge in [0.25, 0.3) is 0 Å². The number of carbonyl (C=O) groups is 2. The minimum absolute atomic E-state index is 0.0288. The van der Waals surface area contributed by atoms with E-state index in [4.69, 9.17) is 10.5 Å². The molecule has 2 aromatic rings. The fraction of sp³-hybridized carbons (Fsp3) is 0.588. The van der Waals surface area contributed by atoms with E-state index >= 15 is 0 Å². The lowest BCUT2D eigenvalue weighted by atomic mass is 9.75. The van der Waals surface area contributed by atoms with Crippen molar-refractivity contribution in [2.45, 2.75) is 90.1 Å². The molecule has 0 spiro atoms. The molecule has 41 heavy (non-hydrogen) atoms. The van der Waals surface area contributed by atoms with Gasteiger partial charge in [0.15, 0.2) is 0 Å². The van der Waals surface area contributed by atoms with Gasteiger partial charge in [-0.15, -0.1) is 0 Å². The summed E-state index contributed by atoms with van der Waals surface area (Å²) in [7, 11) is 0. The molecular formula is C34H49N3O4. The lowest BCUT2D eigenvalue weighted by Crippen LogP contribution is -2.56. The topological polar surface area (TPSA) is 96.1 Å². The molecule has 7 heteroatoms. The van der Waals surface area contributed by atoms with Gasteiger partial charge in [-0.05, 0) is 73.1 Å². The number of nitrogens with zero attached hydrogens (tertiary/aromatic N) is 2. The number of carboxylic acid groups (broad SMARTS) is 1. The number of nitrogens with two attached hydrogens (primary N) is 1. The van der Waals surface area contributed by atoms with Crippen molar-refractivity contribution in [3.8, 4) is 5.75 Å². The van der Waals surface area contributed by atoms with E-state index in [1.165, 1.54) is 37.7 Å². The van der Waals surface area contributed by atoms with Gasteiger partial charge >= 0.3 is 6.09 Å². The molecule has 2 aliphatic rings. The van der Waals surface area contributed by atoms with Crippen molar-refractivity contribution in [1.29, 1.82) is 0 Å². The first kappa shape index (κ1) is 30.9. The van der Waals surface area contributed by atoms with Crippen molar-refractivity contribution in [2.24, 2.45) is 17.1 Å². The Bertz CT molecular complexity index is 1130. The fourth-order valence-corrected chi connectivity index (χ4v) is 6.96. The van der Waals surface area contributed by atoms with E-state index in [2.05, 4.69) is 56.0 Å². The van der Waals surface area contributed by atoms with Crippen LogP contribution in [0.15, 0.2) is 54.6 Å². The molecule has 1 saturated carbocycles. The van der Waals surface area contributed by atoms with Crippen molar-refractivity contribution in [2.75, 3.05) is 26.2 Å². The normalized spacial score (nSPS) is 21.0. The number of hydrogen-bond acceptors (Lipinski definition) is 4. The van der Waals surface area contributed by atoms with Gasteiger partial charge in [0.1, 0.15) is 5.75 Å². The van der Waals surface area contributed by atoms with E-state index in [0.29, 0.717) is 42.3 Å². The summed E-state index contributed by atoms with van der Waals surface area (Å²) in [5.74, 6) is 1.31. The molecule has 2 amide bonds. The maximum Gasteiger partial charge on any atom is 0.407 e. The summed E-state index contributed by atoms with van der Waals surface area (Å²) in [4.78, 5) is 28.0. The van der Waals surface area contributed by atoms with Crippen LogP contribution in [-0.2, 0) is 0 Å². The van der Waals surface area contributed by atoms with Gasteiger partial charge in [-0.25, -0.2) is 4.79 Å². The maximum absolute atomic E-state index is 12.1. The zero-order valence-corrected chi connectivity index (χ0v) is 25.1. The minimum Gasteiger partial charge on any atom is -0.494 e. The van der Waals surface area contributed by atoms with Gasteiger partial charge in [-0.1, -0.05) is 76.4 Å². The Morgan fingerprint density at radius 1 is 1.05 bits per heavy atom. The number of benzene rings is 2. The van der Waals surface area contributed by atoms with Crippen LogP contribution in [0.5, 0.6) is 5.75 Å². The lowest BCUT2D eigenvalue weighted by Gasteiger charge is -2.48. The SMILES string of the molecule is CC(C)(C)C1CC(N(CCCOc2cccc(C(N)=O)c2)CC(c2ccccc2)C2CCCCC2)CCN1C(=O)O. The largest absolute Gasteiger partial charge is 0.494 e. The van der Waals surface area contributed by atoms with Crippen molar-refractivity contribution < 1.29 is 19.4 Å². The average molecular weight is 564 g/mol. The second kappa shape index (κ2) is 14.2. The average Bonchev–Trinajstić information content (AvgIpc) is 2.97. The standard InChI is InChI=1S/C34H49N3O4/c1-34(2,3)31-23-28(18-20-37(31)33(39)40)36(19-11-21-41-29-17-10-16-27(22-29)32(35)38)24-30(25-12-6-4-7-13-25)26-14-8-5-9-15-26/h4,6-7,10,12-13,16-17,22,26,28,30-31H,5,8-9,11,14-15,18-21,23-24H2,1-3H3,(H2,35,38)(H,39,40). The van der Waals surface area contributed by atoms with Crippen molar-refractivity contribution in [1.82, 2.24) is 9.80 Å². The molecule has 7 nitrogen and oxygen atoms in total. The third-order valence-electron chi connectivity index (χ3n) is 9.19. The number of ether oxygens (including phenoxy) is 1. The van der Waals surface area contributed by atoms with E-state index in [9.17, 15) is 14.7 Å². The molecule has 1 aliphatic heterocycles. The summed E-state index contributed by atoms with van der Waals surface area (Å²) in [5, 5.41) is 9.96. The van der Waals surface area contributed by atoms with Gasteiger partial charge in [-0.2, -0.15) is 0 Å². The van der Waals surface area contributed by atoms with Crippen LogP contribution >= 0.6 is 0 Å². The van der Waals surface area contributed by atoms with Crippen molar-refractivity contribution in [3.63, 3.8) is 0 Å². The number of likely N-dealkylation sites (tertiary alicyclic amines) is 1. The van der Waals surface area contributed by atoms with Gasteiger partial charge < -0.3 is 20.5 Å². The fourth-order valence-electron chi connectivity index (χ4n) is 6.96. The number of primary amides is 1. The quantitative estimate of drug-likeness (QED) is 0.294. The summed E-state index contributed by atoms with van der Waals surface area (Å²) in [5.41, 5.74) is 7.17. The number of carbonyl (C=O) groups excluding carboxylic acids is 1. The number of amides is 2. The first-order chi connectivity index (χ1) is 19.6. The molecule has 224 valence electrons. The molecular weight excluding hydrogens is 514 g/mol. The highest BCUT2D eigenvalue weighted by Crippen LogP contribution is 2.39. The highest BCUT2D eigenvalue weighted by molar-refractivity contribution is 5.93. The minimum atomic E-state index is -0.814. The van der Waals surface area contributed by atoms with E-state index in [1.54, 1.807) is 23.1 Å². The van der Waals surface area contributed by atoms with Gasteiger partial charge in [0.2, 0.25) is 5.91 Å². The molecule has 0 bridgehead atoms. The van der Waals surface area contributed by atoms with Crippen LogP contribution in [0.3, 0.4) is 0 Å². The highest BCUT2D eigenvalue weighted by Gasteiger charge is 2.41. The molecule has 4 rings (SSSR count). The van der Waals surface area contributed by atoms with Gasteiger partial charge in [0, 0.05) is 37.3 Å². The zero-order valence-electron chi connectivity index (χ0n) is 25.1. The second-order valence-corrected chi connectivity index (χ2v) is 13.0. The lowest BCUT2D eigenvalue weighted by molar-refractivity contribution is 0.0147. The Hall–Kier alpha value is -3.06. The number of piperidine rings is 1. The first-order valence-corrected chi connectivity index (χ1v) is 15.4. The maximum atomic E-state index is 12.1. The van der Waals surface area contributed by atoms with Crippen LogP contribution in [0.1, 0.15) is 94.0 Å². The summed E-state index contributed by atoms with van der Waals surface area (Å²) < 4.78 is 6.04. The predicted octanol–water partition coefficient (Wildman–Crippen LogP) is 6.78. The summed E-state index contributed by atoms with van der Waals surface area (Å²) in [6.07, 6.45) is 8.18. The second-order valence-electron chi connectivity index (χ2n) is 13.0. The Kier molecular flexibility index (Phi) is 10.7. The summed E-state index contributed by atoms with van der Waals surface area (Å²) in [6.45, 7) is 9.42. The Balaban J connectivity index is 1.53. The zero-order chi connectivity index (χ0) is 29.4. The van der Waals surface area contributed by atoms with E-state index < -0.39 is 12.0 Å². The molecule has 1 aliphatic carbocycles. The summed E-state index contributed by atoms with van der Waals surface area (Å²) in [6, 6.07) is 18.3. The van der Waals surface area contributed by atoms with Crippen LogP contribution in [0, 0.1) is 11.3 Å². The predicted molar refractivity (Wildman–Crippen MR) is 163 cm³/mol. The molecule has 0 aromatic heterocycles. The molecule has 3 unspecified atom stereocenters. The first-order valence-electron chi connectivity index (χ1n) is 15.4. The molecule has 3 atom stereocenters. The Labute approximate surface area is 246 Å². The van der Waals surface area contributed by atoms with Crippen LogP contribution in [0.2, 0.25) is 0 Å². The van der Waals surface area contributed by atoms with Crippen LogP contribution in [0.25, 0.3) is 0 Å².